The highest BCUT2D eigenvalue weighted by molar-refractivity contribution is 5.35. The fourth-order valence-electron chi connectivity index (χ4n) is 1.85. The van der Waals surface area contributed by atoms with Gasteiger partial charge in [-0.15, -0.1) is 0 Å². The first-order valence-corrected chi connectivity index (χ1v) is 6.37. The summed E-state index contributed by atoms with van der Waals surface area (Å²) in [5, 5.41) is 9.23. The molecule has 0 unspecified atom stereocenters. The second-order valence-corrected chi connectivity index (χ2v) is 4.36. The van der Waals surface area contributed by atoms with Gasteiger partial charge in [0, 0.05) is 37.2 Å². The van der Waals surface area contributed by atoms with Gasteiger partial charge in [0.2, 0.25) is 11.8 Å². The molecule has 2 aromatic heterocycles. The number of aryl methyl sites for hydroxylation is 1. The Labute approximate surface area is 118 Å². The number of anilines is 1. The number of aromatic nitrogens is 3. The summed E-state index contributed by atoms with van der Waals surface area (Å²) in [5.74, 6) is 1.06. The highest BCUT2D eigenvalue weighted by atomic mass is 16.5. The van der Waals surface area contributed by atoms with Gasteiger partial charge >= 0.3 is 0 Å². The summed E-state index contributed by atoms with van der Waals surface area (Å²) in [7, 11) is 1.57. The number of hydrogen-bond acceptors (Lipinski definition) is 6. The average molecular weight is 274 g/mol. The zero-order valence-corrected chi connectivity index (χ0v) is 11.7. The lowest BCUT2D eigenvalue weighted by Gasteiger charge is -2.22. The number of ether oxygens (including phenoxy) is 1. The largest absolute Gasteiger partial charge is 0.481 e. The standard InChI is InChI=1S/C14H18N4O2/c1-11-8-13(20-2)17-14(16-11)18(6-7-19)10-12-4-3-5-15-9-12/h3-5,8-9,19H,6-7,10H2,1-2H3. The molecule has 0 aliphatic carbocycles. The van der Waals surface area contributed by atoms with Crippen LogP contribution in [0.25, 0.3) is 0 Å². The zero-order chi connectivity index (χ0) is 14.4. The van der Waals surface area contributed by atoms with Gasteiger partial charge in [-0.2, -0.15) is 4.98 Å². The first-order chi connectivity index (χ1) is 9.72. The van der Waals surface area contributed by atoms with Crippen LogP contribution in [0.4, 0.5) is 5.95 Å². The molecule has 0 amide bonds. The van der Waals surface area contributed by atoms with Gasteiger partial charge in [0.15, 0.2) is 0 Å². The van der Waals surface area contributed by atoms with Crippen LogP contribution in [0.1, 0.15) is 11.3 Å². The highest BCUT2D eigenvalue weighted by Crippen LogP contribution is 2.17. The number of aliphatic hydroxyl groups excluding tert-OH is 1. The summed E-state index contributed by atoms with van der Waals surface area (Å²) >= 11 is 0. The highest BCUT2D eigenvalue weighted by Gasteiger charge is 2.12. The molecule has 0 spiro atoms. The number of pyridine rings is 1. The predicted molar refractivity (Wildman–Crippen MR) is 75.7 cm³/mol. The van der Waals surface area contributed by atoms with E-state index >= 15 is 0 Å². The number of hydrogen-bond donors (Lipinski definition) is 1. The molecule has 0 aliphatic heterocycles. The molecule has 0 fully saturated rings. The third-order valence-electron chi connectivity index (χ3n) is 2.78. The van der Waals surface area contributed by atoms with Crippen LogP contribution in [0, 0.1) is 6.92 Å². The van der Waals surface area contributed by atoms with Gasteiger partial charge in [-0.25, -0.2) is 4.98 Å². The van der Waals surface area contributed by atoms with Crippen LogP contribution >= 0.6 is 0 Å². The lowest BCUT2D eigenvalue weighted by Crippen LogP contribution is -2.28. The fraction of sp³-hybridized carbons (Fsp3) is 0.357. The fourth-order valence-corrected chi connectivity index (χ4v) is 1.85. The molecule has 0 bridgehead atoms. The van der Waals surface area contributed by atoms with Crippen molar-refractivity contribution in [3.05, 3.63) is 41.9 Å². The Hall–Kier alpha value is -2.21. The van der Waals surface area contributed by atoms with Gasteiger partial charge in [0.25, 0.3) is 0 Å². The third kappa shape index (κ3) is 3.64. The molecular formula is C14H18N4O2. The minimum absolute atomic E-state index is 0.0277. The normalized spacial score (nSPS) is 10.3. The summed E-state index contributed by atoms with van der Waals surface area (Å²) in [6.45, 7) is 2.94. The Morgan fingerprint density at radius 3 is 2.85 bits per heavy atom. The third-order valence-corrected chi connectivity index (χ3v) is 2.78. The number of methoxy groups -OCH3 is 1. The van der Waals surface area contributed by atoms with Gasteiger partial charge in [-0.1, -0.05) is 6.07 Å². The predicted octanol–water partition coefficient (Wildman–Crippen LogP) is 1.19. The van der Waals surface area contributed by atoms with E-state index in [9.17, 15) is 5.11 Å². The molecule has 1 N–H and O–H groups in total. The van der Waals surface area contributed by atoms with Crippen molar-refractivity contribution in [1.29, 1.82) is 0 Å². The van der Waals surface area contributed by atoms with Crippen LogP contribution in [0.3, 0.4) is 0 Å². The molecule has 0 aromatic carbocycles. The maximum Gasteiger partial charge on any atom is 0.229 e. The summed E-state index contributed by atoms with van der Waals surface area (Å²) in [6.07, 6.45) is 3.52. The van der Waals surface area contributed by atoms with Crippen LogP contribution in [-0.2, 0) is 6.54 Å². The van der Waals surface area contributed by atoms with Crippen LogP contribution in [0.15, 0.2) is 30.6 Å². The number of nitrogens with zero attached hydrogens (tertiary/aromatic N) is 4. The Kier molecular flexibility index (Phi) is 4.84. The van der Waals surface area contributed by atoms with Crippen LogP contribution in [-0.4, -0.2) is 40.3 Å². The Balaban J connectivity index is 2.26. The van der Waals surface area contributed by atoms with Crippen molar-refractivity contribution in [2.45, 2.75) is 13.5 Å². The molecule has 0 saturated heterocycles. The summed E-state index contributed by atoms with van der Waals surface area (Å²) in [4.78, 5) is 14.7. The number of aliphatic hydroxyl groups is 1. The number of rotatable bonds is 6. The Bertz CT molecular complexity index is 548. The van der Waals surface area contributed by atoms with Crippen molar-refractivity contribution in [2.24, 2.45) is 0 Å². The quantitative estimate of drug-likeness (QED) is 0.853. The molecule has 6 nitrogen and oxygen atoms in total. The molecule has 0 radical (unpaired) electrons. The molecular weight excluding hydrogens is 256 g/mol. The van der Waals surface area contributed by atoms with Crippen LogP contribution < -0.4 is 9.64 Å². The van der Waals surface area contributed by atoms with Gasteiger partial charge in [0.1, 0.15) is 0 Å². The first kappa shape index (κ1) is 14.2. The van der Waals surface area contributed by atoms with E-state index in [0.29, 0.717) is 24.9 Å². The van der Waals surface area contributed by atoms with Gasteiger partial charge < -0.3 is 14.7 Å². The van der Waals surface area contributed by atoms with Crippen molar-refractivity contribution in [1.82, 2.24) is 15.0 Å². The minimum Gasteiger partial charge on any atom is -0.481 e. The van der Waals surface area contributed by atoms with E-state index in [1.54, 1.807) is 25.6 Å². The zero-order valence-electron chi connectivity index (χ0n) is 11.7. The van der Waals surface area contributed by atoms with E-state index in [0.717, 1.165) is 11.3 Å². The summed E-state index contributed by atoms with van der Waals surface area (Å²) in [6, 6.07) is 5.62. The van der Waals surface area contributed by atoms with Crippen molar-refractivity contribution in [2.75, 3.05) is 25.2 Å². The van der Waals surface area contributed by atoms with Crippen molar-refractivity contribution < 1.29 is 9.84 Å². The monoisotopic (exact) mass is 274 g/mol. The Morgan fingerprint density at radius 1 is 1.35 bits per heavy atom. The van der Waals surface area contributed by atoms with E-state index in [1.165, 1.54) is 0 Å². The minimum atomic E-state index is 0.0277. The molecule has 0 atom stereocenters. The van der Waals surface area contributed by atoms with Crippen LogP contribution in [0.2, 0.25) is 0 Å². The maximum atomic E-state index is 9.23. The first-order valence-electron chi connectivity index (χ1n) is 6.37. The smallest absolute Gasteiger partial charge is 0.229 e. The lowest BCUT2D eigenvalue weighted by atomic mass is 10.2. The molecule has 2 aromatic rings. The van der Waals surface area contributed by atoms with Gasteiger partial charge in [0.05, 0.1) is 13.7 Å². The molecule has 0 saturated carbocycles. The molecule has 2 rings (SSSR count). The summed E-state index contributed by atoms with van der Waals surface area (Å²) < 4.78 is 5.16. The molecule has 20 heavy (non-hydrogen) atoms. The molecule has 106 valence electrons. The SMILES string of the molecule is COc1cc(C)nc(N(CCO)Cc2cccnc2)n1. The second-order valence-electron chi connectivity index (χ2n) is 4.36. The Morgan fingerprint density at radius 2 is 2.20 bits per heavy atom. The lowest BCUT2D eigenvalue weighted by molar-refractivity contribution is 0.300. The second kappa shape index (κ2) is 6.81. The van der Waals surface area contributed by atoms with E-state index in [2.05, 4.69) is 15.0 Å². The van der Waals surface area contributed by atoms with E-state index in [1.807, 2.05) is 24.0 Å². The molecule has 6 heteroatoms. The topological polar surface area (TPSA) is 71.4 Å². The van der Waals surface area contributed by atoms with Gasteiger partial charge in [-0.3, -0.25) is 4.98 Å². The van der Waals surface area contributed by atoms with E-state index in [-0.39, 0.29) is 6.61 Å². The van der Waals surface area contributed by atoms with Crippen molar-refractivity contribution >= 4 is 5.95 Å². The summed E-state index contributed by atoms with van der Waals surface area (Å²) in [5.41, 5.74) is 1.85. The van der Waals surface area contributed by atoms with Gasteiger partial charge in [-0.05, 0) is 18.6 Å². The van der Waals surface area contributed by atoms with E-state index in [4.69, 9.17) is 4.74 Å². The van der Waals surface area contributed by atoms with Crippen LogP contribution in [0.5, 0.6) is 5.88 Å². The molecule has 0 aliphatic rings. The maximum absolute atomic E-state index is 9.23. The van der Waals surface area contributed by atoms with E-state index < -0.39 is 0 Å². The molecule has 2 heterocycles. The van der Waals surface area contributed by atoms with Crippen molar-refractivity contribution in [3.63, 3.8) is 0 Å². The average Bonchev–Trinajstić information content (AvgIpc) is 2.47. The van der Waals surface area contributed by atoms with Crippen molar-refractivity contribution in [3.8, 4) is 5.88 Å².